The third kappa shape index (κ3) is 7.46. The van der Waals surface area contributed by atoms with Crippen LogP contribution in [-0.2, 0) is 0 Å². The second kappa shape index (κ2) is 12.2. The molecule has 0 radical (unpaired) electrons. The fourth-order valence-electron chi connectivity index (χ4n) is 2.96. The molecule has 0 spiro atoms. The van der Waals surface area contributed by atoms with Gasteiger partial charge in [-0.15, -0.1) is 0 Å². The van der Waals surface area contributed by atoms with Gasteiger partial charge in [-0.1, -0.05) is 0 Å². The van der Waals surface area contributed by atoms with Crippen LogP contribution in [0.3, 0.4) is 0 Å². The van der Waals surface area contributed by atoms with Gasteiger partial charge in [0.1, 0.15) is 0 Å². The fourth-order valence-corrected chi connectivity index (χ4v) is 32.7. The van der Waals surface area contributed by atoms with Crippen molar-refractivity contribution in [2.45, 2.75) is 58.2 Å². The first-order chi connectivity index (χ1) is 13.1. The summed E-state index contributed by atoms with van der Waals surface area (Å²) in [6, 6.07) is 17.3. The molecule has 0 fully saturated rings. The Labute approximate surface area is 174 Å². The number of rotatable bonds is 12. The second-order valence-corrected chi connectivity index (χ2v) is 31.8. The van der Waals surface area contributed by atoms with Crippen molar-refractivity contribution >= 4 is 33.5 Å². The van der Waals surface area contributed by atoms with Gasteiger partial charge in [0.05, 0.1) is 0 Å². The van der Waals surface area contributed by atoms with Crippen LogP contribution in [0.2, 0.25) is 8.87 Å². The maximum atomic E-state index is 5.34. The van der Waals surface area contributed by atoms with E-state index in [0.29, 0.717) is 0 Å². The van der Waals surface area contributed by atoms with E-state index in [1.54, 1.807) is 14.2 Å². The molecule has 0 saturated carbocycles. The van der Waals surface area contributed by atoms with E-state index in [-0.39, 0.29) is 0 Å². The van der Waals surface area contributed by atoms with Crippen molar-refractivity contribution in [2.24, 2.45) is 0 Å². The van der Waals surface area contributed by atoms with E-state index in [0.717, 1.165) is 11.5 Å². The van der Waals surface area contributed by atoms with Crippen LogP contribution in [0.25, 0.3) is 0 Å². The third-order valence-electron chi connectivity index (χ3n) is 4.55. The van der Waals surface area contributed by atoms with Crippen LogP contribution in [-0.4, -0.2) is 29.8 Å². The fraction of sp³-hybridized carbons (Fsp3) is 0.455. The Balaban J connectivity index is 2.27. The van der Waals surface area contributed by atoms with Gasteiger partial charge in [0.25, 0.3) is 0 Å². The van der Waals surface area contributed by atoms with Crippen LogP contribution in [0.15, 0.2) is 58.3 Å². The first kappa shape index (κ1) is 22.8. The first-order valence-corrected chi connectivity index (χ1v) is 22.5. The maximum absolute atomic E-state index is 5.34. The molecule has 0 aliphatic heterocycles. The van der Waals surface area contributed by atoms with Crippen molar-refractivity contribution in [3.05, 3.63) is 48.5 Å². The van der Waals surface area contributed by atoms with E-state index in [2.05, 4.69) is 80.3 Å². The molecule has 0 aliphatic carbocycles. The monoisotopic (exact) mass is 512 g/mol. The summed E-state index contributed by atoms with van der Waals surface area (Å²) in [6.45, 7) is 4.62. The summed E-state index contributed by atoms with van der Waals surface area (Å²) in [5, 5.41) is 0. The second-order valence-electron chi connectivity index (χ2n) is 6.67. The Kier molecular flexibility index (Phi) is 10.3. The van der Waals surface area contributed by atoms with Gasteiger partial charge >= 0.3 is 175 Å². The molecule has 0 heterocycles. The molecule has 0 aliphatic rings. The van der Waals surface area contributed by atoms with Crippen molar-refractivity contribution in [2.75, 3.05) is 14.2 Å². The summed E-state index contributed by atoms with van der Waals surface area (Å²) in [5.41, 5.74) is 0. The summed E-state index contributed by atoms with van der Waals surface area (Å²) in [5.74, 6) is 1.87. The van der Waals surface area contributed by atoms with Gasteiger partial charge < -0.3 is 0 Å². The standard InChI is InChI=1S/2C7H8OS.2C4H9.Sn/c2*1-8-6-2-4-7(9)5-3-6;2*1-3-4-2;/h2*2-5,9H,1H3;2*1,3-4H2,2H3;/q;;;;+2/p-2. The van der Waals surface area contributed by atoms with Gasteiger partial charge in [0.2, 0.25) is 0 Å². The van der Waals surface area contributed by atoms with Crippen molar-refractivity contribution in [3.8, 4) is 11.5 Å². The molecule has 0 atom stereocenters. The molecule has 2 aromatic carbocycles. The molecule has 2 aromatic rings. The zero-order valence-corrected chi connectivity index (χ0v) is 21.5. The molecule has 0 N–H and O–H groups in total. The van der Waals surface area contributed by atoms with E-state index in [1.165, 1.54) is 44.3 Å². The van der Waals surface area contributed by atoms with Crippen LogP contribution < -0.4 is 9.47 Å². The van der Waals surface area contributed by atoms with E-state index >= 15 is 0 Å². The molecule has 5 heteroatoms. The molecular weight excluding hydrogens is 479 g/mol. The van der Waals surface area contributed by atoms with Crippen LogP contribution in [0.5, 0.6) is 11.5 Å². The molecule has 0 unspecified atom stereocenters. The van der Waals surface area contributed by atoms with E-state index in [4.69, 9.17) is 9.47 Å². The normalized spacial score (nSPS) is 11.4. The summed E-state index contributed by atoms with van der Waals surface area (Å²) in [6.07, 6.45) is 5.23. The Morgan fingerprint density at radius 1 is 0.667 bits per heavy atom. The molecule has 0 saturated heterocycles. The van der Waals surface area contributed by atoms with E-state index in [1.807, 2.05) is 0 Å². The predicted molar refractivity (Wildman–Crippen MR) is 123 cm³/mol. The van der Waals surface area contributed by atoms with Crippen molar-refractivity contribution in [1.82, 2.24) is 0 Å². The van der Waals surface area contributed by atoms with Crippen molar-refractivity contribution < 1.29 is 9.47 Å². The molecule has 2 nitrogen and oxygen atoms in total. The van der Waals surface area contributed by atoms with Gasteiger partial charge in [-0.3, -0.25) is 0 Å². The molecule has 27 heavy (non-hydrogen) atoms. The molecule has 0 aromatic heterocycles. The van der Waals surface area contributed by atoms with Crippen molar-refractivity contribution in [1.29, 1.82) is 0 Å². The van der Waals surface area contributed by atoms with E-state index < -0.39 is 15.6 Å². The molecule has 148 valence electrons. The minimum atomic E-state index is -2.53. The quantitative estimate of drug-likeness (QED) is 0.273. The number of methoxy groups -OCH3 is 2. The number of unbranched alkanes of at least 4 members (excludes halogenated alkanes) is 2. The Morgan fingerprint density at radius 2 is 1.04 bits per heavy atom. The Bertz CT molecular complexity index is 600. The summed E-state index contributed by atoms with van der Waals surface area (Å²) in [7, 11) is 7.91. The van der Waals surface area contributed by atoms with E-state index in [9.17, 15) is 0 Å². The van der Waals surface area contributed by atoms with Crippen LogP contribution in [0, 0.1) is 0 Å². The number of hydrogen-bond donors (Lipinski definition) is 0. The molecule has 2 rings (SSSR count). The van der Waals surface area contributed by atoms with Gasteiger partial charge in [-0.25, -0.2) is 0 Å². The number of ether oxygens (including phenoxy) is 2. The van der Waals surface area contributed by atoms with Gasteiger partial charge in [-0.05, 0) is 0 Å². The number of hydrogen-bond acceptors (Lipinski definition) is 4. The van der Waals surface area contributed by atoms with Crippen LogP contribution in [0.1, 0.15) is 39.5 Å². The molecular formula is C22H32O2S2Sn. The Morgan fingerprint density at radius 3 is 1.33 bits per heavy atom. The molecule has 0 amide bonds. The first-order valence-electron chi connectivity index (χ1n) is 9.81. The molecule has 0 bridgehead atoms. The van der Waals surface area contributed by atoms with Gasteiger partial charge in [-0.2, -0.15) is 0 Å². The average molecular weight is 511 g/mol. The minimum absolute atomic E-state index is 0.935. The topological polar surface area (TPSA) is 18.5 Å². The van der Waals surface area contributed by atoms with Crippen LogP contribution >= 0.6 is 17.9 Å². The van der Waals surface area contributed by atoms with Crippen molar-refractivity contribution in [3.63, 3.8) is 0 Å². The van der Waals surface area contributed by atoms with Gasteiger partial charge in [0.15, 0.2) is 0 Å². The summed E-state index contributed by atoms with van der Waals surface area (Å²) < 4.78 is 13.5. The zero-order valence-electron chi connectivity index (χ0n) is 17.0. The van der Waals surface area contributed by atoms with Gasteiger partial charge in [0, 0.05) is 0 Å². The predicted octanol–water partition coefficient (Wildman–Crippen LogP) is 7.63. The van der Waals surface area contributed by atoms with Crippen LogP contribution in [0.4, 0.5) is 0 Å². The number of benzene rings is 2. The SMILES string of the molecule is CCC[CH2][Sn]([CH2]CCC)([S]c1ccc(OC)cc1)[S]c1ccc(OC)cc1. The third-order valence-corrected chi connectivity index (χ3v) is 31.9. The Hall–Kier alpha value is -0.461. The summed E-state index contributed by atoms with van der Waals surface area (Å²) in [4.78, 5) is 2.81. The average Bonchev–Trinajstić information content (AvgIpc) is 2.72. The zero-order chi connectivity index (χ0) is 19.5. The summed E-state index contributed by atoms with van der Waals surface area (Å²) >= 11 is -2.53.